The zero-order valence-electron chi connectivity index (χ0n) is 12.1. The number of nitrogens with zero attached hydrogens (tertiary/aromatic N) is 2. The maximum atomic E-state index is 5.19. The highest BCUT2D eigenvalue weighted by molar-refractivity contribution is 5.29. The van der Waals surface area contributed by atoms with Crippen molar-refractivity contribution in [3.63, 3.8) is 0 Å². The second-order valence-electron chi connectivity index (χ2n) is 4.72. The highest BCUT2D eigenvalue weighted by Crippen LogP contribution is 2.19. The fraction of sp³-hybridized carbons (Fsp3) is 0.467. The van der Waals surface area contributed by atoms with Crippen LogP contribution in [0.1, 0.15) is 37.2 Å². The number of aromatic nitrogens is 3. The van der Waals surface area contributed by atoms with Crippen molar-refractivity contribution in [3.8, 4) is 5.75 Å². The van der Waals surface area contributed by atoms with Gasteiger partial charge in [0.1, 0.15) is 17.9 Å². The molecule has 0 saturated heterocycles. The maximum absolute atomic E-state index is 5.19. The minimum absolute atomic E-state index is 0.385. The molecule has 5 nitrogen and oxygen atoms in total. The first-order valence-electron chi connectivity index (χ1n) is 7.05. The Balaban J connectivity index is 1.79. The van der Waals surface area contributed by atoms with E-state index in [0.717, 1.165) is 37.4 Å². The maximum Gasteiger partial charge on any atom is 0.137 e. The second-order valence-corrected chi connectivity index (χ2v) is 4.72. The van der Waals surface area contributed by atoms with Crippen LogP contribution in [0.4, 0.5) is 0 Å². The smallest absolute Gasteiger partial charge is 0.137 e. The zero-order chi connectivity index (χ0) is 14.2. The summed E-state index contributed by atoms with van der Waals surface area (Å²) in [6.45, 7) is 3.16. The molecule has 1 atom stereocenters. The molecule has 0 fully saturated rings. The number of benzene rings is 1. The SMILES string of the molecule is CCC(NCCCc1ncn[nH]1)c1ccc(OC)cc1. The normalized spacial score (nSPS) is 12.3. The molecule has 20 heavy (non-hydrogen) atoms. The fourth-order valence-electron chi connectivity index (χ4n) is 2.22. The molecule has 1 aromatic carbocycles. The Morgan fingerprint density at radius 2 is 2.10 bits per heavy atom. The molecule has 1 heterocycles. The topological polar surface area (TPSA) is 62.8 Å². The van der Waals surface area contributed by atoms with Crippen LogP contribution in [0.3, 0.4) is 0 Å². The van der Waals surface area contributed by atoms with Gasteiger partial charge in [-0.2, -0.15) is 5.10 Å². The molecule has 0 aliphatic rings. The molecule has 0 bridgehead atoms. The van der Waals surface area contributed by atoms with Crippen LogP contribution in [-0.2, 0) is 6.42 Å². The summed E-state index contributed by atoms with van der Waals surface area (Å²) in [5, 5.41) is 10.3. The van der Waals surface area contributed by atoms with E-state index in [2.05, 4.69) is 39.6 Å². The average molecular weight is 274 g/mol. The number of nitrogens with one attached hydrogen (secondary N) is 2. The van der Waals surface area contributed by atoms with Crippen LogP contribution in [0.2, 0.25) is 0 Å². The summed E-state index contributed by atoms with van der Waals surface area (Å²) in [7, 11) is 1.69. The number of aryl methyl sites for hydroxylation is 1. The zero-order valence-corrected chi connectivity index (χ0v) is 12.1. The van der Waals surface area contributed by atoms with E-state index >= 15 is 0 Å². The van der Waals surface area contributed by atoms with Crippen molar-refractivity contribution in [1.82, 2.24) is 20.5 Å². The van der Waals surface area contributed by atoms with Gasteiger partial charge in [0, 0.05) is 12.5 Å². The van der Waals surface area contributed by atoms with E-state index in [1.54, 1.807) is 13.4 Å². The molecular formula is C15H22N4O. The molecule has 2 N–H and O–H groups in total. The van der Waals surface area contributed by atoms with Crippen LogP contribution in [0.5, 0.6) is 5.75 Å². The summed E-state index contributed by atoms with van der Waals surface area (Å²) in [5.41, 5.74) is 1.30. The Kier molecular flexibility index (Phi) is 5.55. The summed E-state index contributed by atoms with van der Waals surface area (Å²) in [6.07, 6.45) is 4.58. The molecule has 1 aromatic heterocycles. The summed E-state index contributed by atoms with van der Waals surface area (Å²) >= 11 is 0. The van der Waals surface area contributed by atoms with Gasteiger partial charge < -0.3 is 10.1 Å². The van der Waals surface area contributed by atoms with Crippen molar-refractivity contribution in [2.45, 2.75) is 32.2 Å². The van der Waals surface area contributed by atoms with Gasteiger partial charge in [-0.25, -0.2) is 4.98 Å². The van der Waals surface area contributed by atoms with Gasteiger partial charge in [-0.3, -0.25) is 5.10 Å². The number of aromatic amines is 1. The Bertz CT molecular complexity index is 481. The van der Waals surface area contributed by atoms with Gasteiger partial charge in [-0.05, 0) is 37.1 Å². The molecule has 0 aliphatic carbocycles. The first kappa shape index (κ1) is 14.5. The standard InChI is InChI=1S/C15H22N4O/c1-3-14(12-6-8-13(20-2)9-7-12)16-10-4-5-15-17-11-18-19-15/h6-9,11,14,16H,3-5,10H2,1-2H3,(H,17,18,19). The number of ether oxygens (including phenoxy) is 1. The van der Waals surface area contributed by atoms with Crippen LogP contribution >= 0.6 is 0 Å². The van der Waals surface area contributed by atoms with Crippen molar-refractivity contribution >= 4 is 0 Å². The molecule has 0 aliphatic heterocycles. The van der Waals surface area contributed by atoms with Gasteiger partial charge in [-0.1, -0.05) is 19.1 Å². The van der Waals surface area contributed by atoms with Crippen LogP contribution in [0.25, 0.3) is 0 Å². The first-order valence-corrected chi connectivity index (χ1v) is 7.05. The minimum Gasteiger partial charge on any atom is -0.497 e. The molecule has 0 radical (unpaired) electrons. The molecule has 0 saturated carbocycles. The van der Waals surface area contributed by atoms with Crippen molar-refractivity contribution < 1.29 is 4.74 Å². The lowest BCUT2D eigenvalue weighted by molar-refractivity contribution is 0.414. The third-order valence-corrected chi connectivity index (χ3v) is 3.37. The highest BCUT2D eigenvalue weighted by Gasteiger charge is 2.08. The molecule has 0 spiro atoms. The number of methoxy groups -OCH3 is 1. The third-order valence-electron chi connectivity index (χ3n) is 3.37. The first-order chi connectivity index (χ1) is 9.83. The summed E-state index contributed by atoms with van der Waals surface area (Å²) in [6, 6.07) is 8.64. The third kappa shape index (κ3) is 4.06. The second kappa shape index (κ2) is 7.65. The lowest BCUT2D eigenvalue weighted by atomic mass is 10.0. The predicted octanol–water partition coefficient (Wildman–Crippen LogP) is 2.49. The minimum atomic E-state index is 0.385. The van der Waals surface area contributed by atoms with Crippen molar-refractivity contribution in [2.75, 3.05) is 13.7 Å². The largest absolute Gasteiger partial charge is 0.497 e. The van der Waals surface area contributed by atoms with E-state index in [0.29, 0.717) is 6.04 Å². The Labute approximate surface area is 119 Å². The highest BCUT2D eigenvalue weighted by atomic mass is 16.5. The average Bonchev–Trinajstić information content (AvgIpc) is 3.01. The van der Waals surface area contributed by atoms with Crippen molar-refractivity contribution in [2.24, 2.45) is 0 Å². The molecule has 1 unspecified atom stereocenters. The Hall–Kier alpha value is -1.88. The molecule has 5 heteroatoms. The van der Waals surface area contributed by atoms with Gasteiger partial charge >= 0.3 is 0 Å². The number of hydrogen-bond donors (Lipinski definition) is 2. The van der Waals surface area contributed by atoms with E-state index in [-0.39, 0.29) is 0 Å². The van der Waals surface area contributed by atoms with Crippen molar-refractivity contribution in [3.05, 3.63) is 42.0 Å². The van der Waals surface area contributed by atoms with Gasteiger partial charge in [0.25, 0.3) is 0 Å². The van der Waals surface area contributed by atoms with Crippen LogP contribution in [-0.4, -0.2) is 28.8 Å². The van der Waals surface area contributed by atoms with Gasteiger partial charge in [0.15, 0.2) is 0 Å². The van der Waals surface area contributed by atoms with Crippen LogP contribution in [0.15, 0.2) is 30.6 Å². The lowest BCUT2D eigenvalue weighted by Crippen LogP contribution is -2.22. The number of rotatable bonds is 8. The Morgan fingerprint density at radius 3 is 2.70 bits per heavy atom. The molecule has 0 amide bonds. The van der Waals surface area contributed by atoms with E-state index in [1.165, 1.54) is 5.56 Å². The Morgan fingerprint density at radius 1 is 1.30 bits per heavy atom. The van der Waals surface area contributed by atoms with Gasteiger partial charge in [0.2, 0.25) is 0 Å². The predicted molar refractivity (Wildman–Crippen MR) is 78.7 cm³/mol. The van der Waals surface area contributed by atoms with Crippen LogP contribution in [0, 0.1) is 0 Å². The number of H-pyrrole nitrogens is 1. The monoisotopic (exact) mass is 274 g/mol. The molecular weight excluding hydrogens is 252 g/mol. The van der Waals surface area contributed by atoms with Crippen molar-refractivity contribution in [1.29, 1.82) is 0 Å². The summed E-state index contributed by atoms with van der Waals surface area (Å²) in [5.74, 6) is 1.85. The lowest BCUT2D eigenvalue weighted by Gasteiger charge is -2.17. The van der Waals surface area contributed by atoms with E-state index in [9.17, 15) is 0 Å². The molecule has 2 aromatic rings. The fourth-order valence-corrected chi connectivity index (χ4v) is 2.22. The van der Waals surface area contributed by atoms with E-state index in [1.807, 2.05) is 12.1 Å². The van der Waals surface area contributed by atoms with Gasteiger partial charge in [-0.15, -0.1) is 0 Å². The summed E-state index contributed by atoms with van der Waals surface area (Å²) in [4.78, 5) is 4.12. The number of hydrogen-bond acceptors (Lipinski definition) is 4. The summed E-state index contributed by atoms with van der Waals surface area (Å²) < 4.78 is 5.19. The van der Waals surface area contributed by atoms with Crippen LogP contribution < -0.4 is 10.1 Å². The molecule has 2 rings (SSSR count). The van der Waals surface area contributed by atoms with E-state index in [4.69, 9.17) is 4.74 Å². The van der Waals surface area contributed by atoms with Gasteiger partial charge in [0.05, 0.1) is 7.11 Å². The quantitative estimate of drug-likeness (QED) is 0.726. The van der Waals surface area contributed by atoms with E-state index < -0.39 is 0 Å². The molecule has 108 valence electrons.